The number of rotatable bonds is 3. The highest BCUT2D eigenvalue weighted by molar-refractivity contribution is 5.96. The van der Waals surface area contributed by atoms with Crippen molar-refractivity contribution in [3.63, 3.8) is 0 Å². The third-order valence-corrected chi connectivity index (χ3v) is 5.17. The molecule has 0 fully saturated rings. The molecule has 144 valence electrons. The molecule has 5 aromatic rings. The fourth-order valence-electron chi connectivity index (χ4n) is 3.66. The zero-order chi connectivity index (χ0) is 20.3. The summed E-state index contributed by atoms with van der Waals surface area (Å²) in [6.45, 7) is 0.576. The molecule has 0 unspecified atom stereocenters. The summed E-state index contributed by atoms with van der Waals surface area (Å²) in [4.78, 5) is 0. The molecule has 0 saturated carbocycles. The van der Waals surface area contributed by atoms with E-state index < -0.39 is 0 Å². The van der Waals surface area contributed by atoms with Crippen LogP contribution in [-0.4, -0.2) is 21.9 Å². The fraction of sp³-hybridized carbons (Fsp3) is 0.0769. The number of methoxy groups -OCH3 is 1. The highest BCUT2D eigenvalue weighted by atomic mass is 16.5. The van der Waals surface area contributed by atoms with E-state index in [1.807, 2.05) is 60.8 Å². The summed E-state index contributed by atoms with van der Waals surface area (Å²) in [5.74, 6) is 7.33. The van der Waals surface area contributed by atoms with Gasteiger partial charge in [-0.15, -0.1) is 10.2 Å². The van der Waals surface area contributed by atoms with Crippen LogP contribution in [0.3, 0.4) is 0 Å². The standard InChI is InChI=1S/C26H19N3O/c1-30-21-13-14-25-20(18-21)15-17-29(25)16-7-12-24-22-10-5-6-11-23(22)26(28-27-24)19-8-3-2-4-9-19/h2-6,8-11,13-15,17-18H,16H2,1H3. The molecule has 0 aliphatic heterocycles. The molecule has 0 bridgehead atoms. The van der Waals surface area contributed by atoms with Crippen molar-refractivity contribution in [2.75, 3.05) is 7.11 Å². The number of hydrogen-bond donors (Lipinski definition) is 0. The molecule has 0 radical (unpaired) electrons. The van der Waals surface area contributed by atoms with Gasteiger partial charge in [0.15, 0.2) is 0 Å². The Morgan fingerprint density at radius 1 is 0.867 bits per heavy atom. The predicted molar refractivity (Wildman–Crippen MR) is 120 cm³/mol. The maximum Gasteiger partial charge on any atom is 0.143 e. The summed E-state index contributed by atoms with van der Waals surface area (Å²) in [6.07, 6.45) is 2.04. The first kappa shape index (κ1) is 18.0. The number of benzene rings is 3. The van der Waals surface area contributed by atoms with Crippen molar-refractivity contribution in [1.82, 2.24) is 14.8 Å². The zero-order valence-electron chi connectivity index (χ0n) is 16.5. The Bertz CT molecular complexity index is 1410. The highest BCUT2D eigenvalue weighted by Gasteiger charge is 2.09. The smallest absolute Gasteiger partial charge is 0.143 e. The van der Waals surface area contributed by atoms with Gasteiger partial charge in [0.25, 0.3) is 0 Å². The van der Waals surface area contributed by atoms with Gasteiger partial charge >= 0.3 is 0 Å². The summed E-state index contributed by atoms with van der Waals surface area (Å²) < 4.78 is 7.42. The molecule has 0 amide bonds. The lowest BCUT2D eigenvalue weighted by molar-refractivity contribution is 0.415. The molecule has 0 atom stereocenters. The van der Waals surface area contributed by atoms with Crippen LogP contribution < -0.4 is 4.74 Å². The van der Waals surface area contributed by atoms with E-state index >= 15 is 0 Å². The molecule has 4 nitrogen and oxygen atoms in total. The van der Waals surface area contributed by atoms with Gasteiger partial charge in [0, 0.05) is 33.4 Å². The third kappa shape index (κ3) is 3.27. The monoisotopic (exact) mass is 389 g/mol. The number of fused-ring (bicyclic) bond motifs is 2. The molecule has 2 heterocycles. The minimum Gasteiger partial charge on any atom is -0.497 e. The molecule has 2 aromatic heterocycles. The van der Waals surface area contributed by atoms with Gasteiger partial charge < -0.3 is 9.30 Å². The first-order chi connectivity index (χ1) is 14.8. The minimum absolute atomic E-state index is 0.576. The molecule has 0 spiro atoms. The molecule has 3 aromatic carbocycles. The van der Waals surface area contributed by atoms with E-state index in [2.05, 4.69) is 50.9 Å². The normalized spacial score (nSPS) is 10.7. The second kappa shape index (κ2) is 7.73. The van der Waals surface area contributed by atoms with E-state index in [0.717, 1.165) is 38.7 Å². The fourth-order valence-corrected chi connectivity index (χ4v) is 3.66. The van der Waals surface area contributed by atoms with Crippen molar-refractivity contribution in [3.05, 3.63) is 90.8 Å². The van der Waals surface area contributed by atoms with Gasteiger partial charge in [0.05, 0.1) is 13.7 Å². The van der Waals surface area contributed by atoms with Gasteiger partial charge in [-0.25, -0.2) is 0 Å². The van der Waals surface area contributed by atoms with E-state index in [9.17, 15) is 0 Å². The van der Waals surface area contributed by atoms with Crippen molar-refractivity contribution in [1.29, 1.82) is 0 Å². The quantitative estimate of drug-likeness (QED) is 0.393. The lowest BCUT2D eigenvalue weighted by atomic mass is 10.0. The molecule has 0 aliphatic rings. The van der Waals surface area contributed by atoms with Crippen LogP contribution in [0.4, 0.5) is 0 Å². The van der Waals surface area contributed by atoms with Crippen molar-refractivity contribution in [2.24, 2.45) is 0 Å². The SMILES string of the molecule is COc1ccc2c(ccn2CC#Cc2nnc(-c3ccccc3)c3ccccc23)c1. The van der Waals surface area contributed by atoms with Gasteiger partial charge in [0.2, 0.25) is 0 Å². The highest BCUT2D eigenvalue weighted by Crippen LogP contribution is 2.27. The third-order valence-electron chi connectivity index (χ3n) is 5.17. The molecular weight excluding hydrogens is 370 g/mol. The summed E-state index contributed by atoms with van der Waals surface area (Å²) >= 11 is 0. The minimum atomic E-state index is 0.576. The van der Waals surface area contributed by atoms with E-state index in [1.165, 1.54) is 0 Å². The lowest BCUT2D eigenvalue weighted by Crippen LogP contribution is -1.96. The number of aromatic nitrogens is 3. The Balaban J connectivity index is 1.50. The van der Waals surface area contributed by atoms with Crippen LogP contribution in [0, 0.1) is 11.8 Å². The molecule has 0 aliphatic carbocycles. The van der Waals surface area contributed by atoms with Crippen LogP contribution in [0.2, 0.25) is 0 Å². The maximum absolute atomic E-state index is 5.30. The van der Waals surface area contributed by atoms with Gasteiger partial charge in [-0.3, -0.25) is 0 Å². The summed E-state index contributed by atoms with van der Waals surface area (Å²) in [5.41, 5.74) is 3.75. The largest absolute Gasteiger partial charge is 0.497 e. The molecule has 30 heavy (non-hydrogen) atoms. The molecule has 0 N–H and O–H groups in total. The molecule has 0 saturated heterocycles. The van der Waals surface area contributed by atoms with Gasteiger partial charge in [-0.2, -0.15) is 0 Å². The second-order valence-corrected chi connectivity index (χ2v) is 6.98. The van der Waals surface area contributed by atoms with Gasteiger partial charge in [-0.05, 0) is 30.2 Å². The van der Waals surface area contributed by atoms with E-state index in [0.29, 0.717) is 12.2 Å². The summed E-state index contributed by atoms with van der Waals surface area (Å²) in [5, 5.41) is 12.1. The molecular formula is C26H19N3O. The first-order valence-corrected chi connectivity index (χ1v) is 9.76. The molecule has 4 heteroatoms. The average Bonchev–Trinajstić information content (AvgIpc) is 3.22. The number of hydrogen-bond acceptors (Lipinski definition) is 3. The van der Waals surface area contributed by atoms with Crippen molar-refractivity contribution in [3.8, 4) is 28.8 Å². The second-order valence-electron chi connectivity index (χ2n) is 6.98. The average molecular weight is 389 g/mol. The van der Waals surface area contributed by atoms with E-state index in [-0.39, 0.29) is 0 Å². The lowest BCUT2D eigenvalue weighted by Gasteiger charge is -2.06. The predicted octanol–water partition coefficient (Wildman–Crippen LogP) is 5.31. The number of ether oxygens (including phenoxy) is 1. The Hall–Kier alpha value is -4.10. The van der Waals surface area contributed by atoms with Crippen LogP contribution in [-0.2, 0) is 6.54 Å². The van der Waals surface area contributed by atoms with Gasteiger partial charge in [0.1, 0.15) is 17.1 Å². The van der Waals surface area contributed by atoms with Crippen LogP contribution >= 0.6 is 0 Å². The van der Waals surface area contributed by atoms with E-state index in [1.54, 1.807) is 7.11 Å². The zero-order valence-corrected chi connectivity index (χ0v) is 16.5. The Labute approximate surface area is 174 Å². The van der Waals surface area contributed by atoms with Crippen LogP contribution in [0.5, 0.6) is 5.75 Å². The summed E-state index contributed by atoms with van der Waals surface area (Å²) in [7, 11) is 1.68. The van der Waals surface area contributed by atoms with Crippen LogP contribution in [0.25, 0.3) is 32.9 Å². The Morgan fingerprint density at radius 3 is 2.50 bits per heavy atom. The van der Waals surface area contributed by atoms with Crippen LogP contribution in [0.15, 0.2) is 85.1 Å². The first-order valence-electron chi connectivity index (χ1n) is 9.76. The number of nitrogens with zero attached hydrogens (tertiary/aromatic N) is 3. The topological polar surface area (TPSA) is 39.9 Å². The maximum atomic E-state index is 5.30. The van der Waals surface area contributed by atoms with E-state index in [4.69, 9.17) is 4.74 Å². The summed E-state index contributed by atoms with van der Waals surface area (Å²) in [6, 6.07) is 26.4. The van der Waals surface area contributed by atoms with Gasteiger partial charge in [-0.1, -0.05) is 60.5 Å². The Morgan fingerprint density at radius 2 is 1.67 bits per heavy atom. The van der Waals surface area contributed by atoms with Crippen molar-refractivity contribution in [2.45, 2.75) is 6.54 Å². The van der Waals surface area contributed by atoms with Crippen LogP contribution in [0.1, 0.15) is 5.69 Å². The Kier molecular flexibility index (Phi) is 4.63. The van der Waals surface area contributed by atoms with Crippen molar-refractivity contribution >= 4 is 21.7 Å². The molecule has 5 rings (SSSR count). The van der Waals surface area contributed by atoms with Crippen molar-refractivity contribution < 1.29 is 4.74 Å².